The second kappa shape index (κ2) is 1.73. The van der Waals surface area contributed by atoms with E-state index in [2.05, 4.69) is 0 Å². The van der Waals surface area contributed by atoms with Crippen molar-refractivity contribution in [3.63, 3.8) is 0 Å². The average Bonchev–Trinajstić information content (AvgIpc) is 1.81. The minimum Gasteiger partial charge on any atom is -0.620 e. The van der Waals surface area contributed by atoms with Crippen molar-refractivity contribution in [3.05, 3.63) is 0 Å². The van der Waals surface area contributed by atoms with Gasteiger partial charge in [0.2, 0.25) is 0 Å². The lowest BCUT2D eigenvalue weighted by molar-refractivity contribution is 0.00578. The molecule has 1 aliphatic rings. The molecule has 0 aromatic heterocycles. The normalized spacial score (nSPS) is 30.7. The van der Waals surface area contributed by atoms with Gasteiger partial charge in [-0.2, -0.15) is 0 Å². The summed E-state index contributed by atoms with van der Waals surface area (Å²) in [6, 6.07) is 0. The molecule has 0 aliphatic carbocycles. The highest BCUT2D eigenvalue weighted by atomic mass is 16.7. The van der Waals surface area contributed by atoms with Crippen molar-refractivity contribution < 1.29 is 9.31 Å². The molecule has 3 heteroatoms. The lowest BCUT2D eigenvalue weighted by atomic mass is 9.90. The molecule has 0 spiro atoms. The molecule has 0 amide bonds. The Balaban J connectivity index is 2.75. The molecular weight excluding hydrogens is 115 g/mol. The quantitative estimate of drug-likeness (QED) is 0.454. The van der Waals surface area contributed by atoms with Crippen LogP contribution in [0.2, 0.25) is 0 Å². The first-order valence-corrected chi connectivity index (χ1v) is 3.13. The van der Waals surface area contributed by atoms with E-state index in [9.17, 15) is 0 Å². The third kappa shape index (κ3) is 0.991. The summed E-state index contributed by atoms with van der Waals surface area (Å²) in [5, 5.41) is 0. The van der Waals surface area contributed by atoms with E-state index in [4.69, 9.17) is 9.31 Å². The first-order valence-electron chi connectivity index (χ1n) is 3.13. The summed E-state index contributed by atoms with van der Waals surface area (Å²) in [5.41, 5.74) is -0.375. The molecule has 1 rings (SSSR count). The number of rotatable bonds is 0. The van der Waals surface area contributed by atoms with E-state index in [1.54, 1.807) is 0 Å². The van der Waals surface area contributed by atoms with Crippen LogP contribution in [0.25, 0.3) is 0 Å². The zero-order valence-corrected chi connectivity index (χ0v) is 6.39. The van der Waals surface area contributed by atoms with Gasteiger partial charge in [0.25, 0.3) is 0 Å². The van der Waals surface area contributed by atoms with Crippen molar-refractivity contribution in [1.82, 2.24) is 0 Å². The van der Waals surface area contributed by atoms with Gasteiger partial charge >= 0.3 is 0 Å². The fraction of sp³-hybridized carbons (Fsp3) is 1.00. The van der Waals surface area contributed by atoms with Crippen molar-refractivity contribution in [2.24, 2.45) is 0 Å². The second-order valence-corrected chi connectivity index (χ2v) is 3.35. The summed E-state index contributed by atoms with van der Waals surface area (Å²) in [6.07, 6.45) is 0. The van der Waals surface area contributed by atoms with Gasteiger partial charge < -0.3 is 9.31 Å². The van der Waals surface area contributed by atoms with E-state index in [0.29, 0.717) is 0 Å². The highest BCUT2D eigenvalue weighted by Crippen LogP contribution is 2.33. The fourth-order valence-corrected chi connectivity index (χ4v) is 0.548. The first-order chi connectivity index (χ1) is 3.96. The summed E-state index contributed by atoms with van der Waals surface area (Å²) in [7, 11) is 1.42. The van der Waals surface area contributed by atoms with E-state index < -0.39 is 0 Å². The van der Waals surface area contributed by atoms with Crippen LogP contribution in [-0.4, -0.2) is 18.9 Å². The Morgan fingerprint density at radius 2 is 1.22 bits per heavy atom. The standard InChI is InChI=1S/C6H12BO2/c1-5(2)6(3,4)9-7-8-5/h1-4H3/q-1. The van der Waals surface area contributed by atoms with Crippen molar-refractivity contribution >= 4 is 7.69 Å². The highest BCUT2D eigenvalue weighted by Gasteiger charge is 2.35. The molecule has 1 saturated heterocycles. The Labute approximate surface area is 56.8 Å². The van der Waals surface area contributed by atoms with Crippen LogP contribution in [0.4, 0.5) is 0 Å². The molecule has 2 radical (unpaired) electrons. The molecule has 0 aromatic rings. The minimum absolute atomic E-state index is 0.187. The van der Waals surface area contributed by atoms with Gasteiger partial charge in [0.1, 0.15) is 0 Å². The van der Waals surface area contributed by atoms with Gasteiger partial charge in [-0.1, -0.05) is 0 Å². The fourth-order valence-electron chi connectivity index (χ4n) is 0.548. The van der Waals surface area contributed by atoms with Crippen LogP contribution < -0.4 is 0 Å². The molecule has 9 heavy (non-hydrogen) atoms. The summed E-state index contributed by atoms with van der Waals surface area (Å²) < 4.78 is 10.4. The summed E-state index contributed by atoms with van der Waals surface area (Å²) >= 11 is 0. The second-order valence-electron chi connectivity index (χ2n) is 3.35. The predicted molar refractivity (Wildman–Crippen MR) is 36.1 cm³/mol. The molecular formula is C6H12BO2-. The largest absolute Gasteiger partial charge is 0.620 e. The van der Waals surface area contributed by atoms with E-state index in [1.807, 2.05) is 27.7 Å². The summed E-state index contributed by atoms with van der Waals surface area (Å²) in [6.45, 7) is 8.04. The smallest absolute Gasteiger partial charge is 0.0400 e. The molecule has 52 valence electrons. The lowest BCUT2D eigenvalue weighted by Crippen LogP contribution is -2.41. The van der Waals surface area contributed by atoms with Crippen LogP contribution in [0, 0.1) is 0 Å². The van der Waals surface area contributed by atoms with Crippen LogP contribution in [-0.2, 0) is 9.31 Å². The van der Waals surface area contributed by atoms with E-state index in [0.717, 1.165) is 0 Å². The van der Waals surface area contributed by atoms with Crippen molar-refractivity contribution in [2.75, 3.05) is 0 Å². The third-order valence-electron chi connectivity index (χ3n) is 2.14. The molecule has 1 fully saturated rings. The lowest BCUT2D eigenvalue weighted by Gasteiger charge is -2.38. The van der Waals surface area contributed by atoms with Gasteiger partial charge in [-0.25, -0.2) is 0 Å². The molecule has 1 aliphatic heterocycles. The number of hydrogen-bond donors (Lipinski definition) is 0. The topological polar surface area (TPSA) is 18.5 Å². The minimum atomic E-state index is -0.188. The van der Waals surface area contributed by atoms with Crippen LogP contribution in [0.5, 0.6) is 0 Å². The van der Waals surface area contributed by atoms with E-state index >= 15 is 0 Å². The molecule has 0 atom stereocenters. The van der Waals surface area contributed by atoms with Crippen LogP contribution in [0.1, 0.15) is 27.7 Å². The molecule has 0 N–H and O–H groups in total. The number of hydrogen-bond acceptors (Lipinski definition) is 2. The van der Waals surface area contributed by atoms with Crippen LogP contribution in [0.3, 0.4) is 0 Å². The van der Waals surface area contributed by atoms with Gasteiger partial charge in [-0.05, 0) is 35.4 Å². The Hall–Kier alpha value is -0.0151. The first kappa shape index (κ1) is 7.10. The summed E-state index contributed by atoms with van der Waals surface area (Å²) in [5.74, 6) is 0. The SMILES string of the molecule is CC1(C)O[B-]OC1(C)C. The molecule has 0 aromatic carbocycles. The van der Waals surface area contributed by atoms with Gasteiger partial charge in [0.05, 0.1) is 0 Å². The molecule has 0 saturated carbocycles. The molecule has 2 nitrogen and oxygen atoms in total. The van der Waals surface area contributed by atoms with Crippen molar-refractivity contribution in [1.29, 1.82) is 0 Å². The van der Waals surface area contributed by atoms with Gasteiger partial charge in [-0.3, -0.25) is 0 Å². The highest BCUT2D eigenvalue weighted by molar-refractivity contribution is 6.19. The van der Waals surface area contributed by atoms with Crippen LogP contribution >= 0.6 is 0 Å². The molecule has 0 unspecified atom stereocenters. The Bertz CT molecular complexity index is 106. The van der Waals surface area contributed by atoms with E-state index in [1.165, 1.54) is 7.69 Å². The zero-order valence-electron chi connectivity index (χ0n) is 6.39. The molecule has 1 heterocycles. The Morgan fingerprint density at radius 1 is 0.889 bits per heavy atom. The summed E-state index contributed by atoms with van der Waals surface area (Å²) in [4.78, 5) is 0. The maximum absolute atomic E-state index is 5.21. The predicted octanol–water partition coefficient (Wildman–Crippen LogP) is 1.12. The Morgan fingerprint density at radius 3 is 1.33 bits per heavy atom. The third-order valence-corrected chi connectivity index (χ3v) is 2.14. The van der Waals surface area contributed by atoms with Gasteiger partial charge in [0.15, 0.2) is 0 Å². The average molecular weight is 127 g/mol. The van der Waals surface area contributed by atoms with Crippen molar-refractivity contribution in [2.45, 2.75) is 38.9 Å². The Kier molecular flexibility index (Phi) is 1.37. The maximum atomic E-state index is 5.21. The monoisotopic (exact) mass is 127 g/mol. The maximum Gasteiger partial charge on any atom is 0.0400 e. The van der Waals surface area contributed by atoms with Gasteiger partial charge in [0, 0.05) is 11.2 Å². The molecule has 0 bridgehead atoms. The van der Waals surface area contributed by atoms with Crippen LogP contribution in [0.15, 0.2) is 0 Å². The van der Waals surface area contributed by atoms with Gasteiger partial charge in [-0.15, -0.1) is 0 Å². The van der Waals surface area contributed by atoms with E-state index in [-0.39, 0.29) is 11.2 Å². The zero-order chi connectivity index (χ0) is 7.12. The van der Waals surface area contributed by atoms with Crippen molar-refractivity contribution in [3.8, 4) is 0 Å².